The highest BCUT2D eigenvalue weighted by atomic mass is 19.1. The van der Waals surface area contributed by atoms with E-state index < -0.39 is 23.5 Å². The van der Waals surface area contributed by atoms with E-state index in [-0.39, 0.29) is 5.56 Å². The summed E-state index contributed by atoms with van der Waals surface area (Å²) in [4.78, 5) is 22.7. The van der Waals surface area contributed by atoms with E-state index in [1.165, 1.54) is 12.1 Å². The van der Waals surface area contributed by atoms with Gasteiger partial charge in [0.25, 0.3) is 0 Å². The lowest BCUT2D eigenvalue weighted by Crippen LogP contribution is -2.23. The van der Waals surface area contributed by atoms with Crippen LogP contribution in [-0.4, -0.2) is 18.9 Å². The number of hydrogen-bond donors (Lipinski definition) is 0. The average Bonchev–Trinajstić information content (AvgIpc) is 2.30. The summed E-state index contributed by atoms with van der Waals surface area (Å²) in [6.07, 6.45) is 0. The zero-order valence-corrected chi connectivity index (χ0v) is 8.44. The molecule has 0 heterocycles. The lowest BCUT2D eigenvalue weighted by atomic mass is 9.99. The number of nitrogens with zero attached hydrogens (tertiary/aromatic N) is 1. The van der Waals surface area contributed by atoms with Crippen LogP contribution < -0.4 is 0 Å². The van der Waals surface area contributed by atoms with E-state index in [0.717, 1.165) is 19.2 Å². The number of nitriles is 1. The SMILES string of the molecule is COC(=O)[C@@H](C#N)C(=O)c1ccc(F)cc1. The zero-order chi connectivity index (χ0) is 12.1. The summed E-state index contributed by atoms with van der Waals surface area (Å²) in [6, 6.07) is 6.14. The van der Waals surface area contributed by atoms with E-state index in [1.807, 2.05) is 0 Å². The molecule has 0 amide bonds. The van der Waals surface area contributed by atoms with E-state index in [9.17, 15) is 14.0 Å². The number of esters is 1. The van der Waals surface area contributed by atoms with E-state index in [2.05, 4.69) is 4.74 Å². The monoisotopic (exact) mass is 221 g/mol. The highest BCUT2D eigenvalue weighted by Crippen LogP contribution is 2.11. The van der Waals surface area contributed by atoms with Crippen molar-refractivity contribution in [2.24, 2.45) is 5.92 Å². The molecule has 0 radical (unpaired) electrons. The number of carbonyl (C=O) groups is 2. The Balaban J connectivity index is 2.97. The molecular formula is C11H8FNO3. The fourth-order valence-corrected chi connectivity index (χ4v) is 1.12. The van der Waals surface area contributed by atoms with Crippen molar-refractivity contribution in [2.45, 2.75) is 0 Å². The van der Waals surface area contributed by atoms with Gasteiger partial charge in [0.1, 0.15) is 5.82 Å². The molecule has 4 nitrogen and oxygen atoms in total. The van der Waals surface area contributed by atoms with Crippen LogP contribution in [0.15, 0.2) is 24.3 Å². The second-order valence-corrected chi connectivity index (χ2v) is 2.96. The van der Waals surface area contributed by atoms with Crippen molar-refractivity contribution in [3.63, 3.8) is 0 Å². The maximum atomic E-state index is 12.6. The van der Waals surface area contributed by atoms with Crippen LogP contribution in [0.3, 0.4) is 0 Å². The predicted molar refractivity (Wildman–Crippen MR) is 51.8 cm³/mol. The summed E-state index contributed by atoms with van der Waals surface area (Å²) in [6.45, 7) is 0. The Hall–Kier alpha value is -2.22. The Morgan fingerprint density at radius 3 is 2.38 bits per heavy atom. The van der Waals surface area contributed by atoms with Crippen LogP contribution >= 0.6 is 0 Å². The van der Waals surface area contributed by atoms with Crippen LogP contribution in [-0.2, 0) is 9.53 Å². The fourth-order valence-electron chi connectivity index (χ4n) is 1.12. The molecule has 1 rings (SSSR count). The highest BCUT2D eigenvalue weighted by Gasteiger charge is 2.28. The number of halogens is 1. The Bertz CT molecular complexity index is 447. The van der Waals surface area contributed by atoms with Crippen LogP contribution in [0, 0.1) is 23.1 Å². The summed E-state index contributed by atoms with van der Waals surface area (Å²) in [5.41, 5.74) is 0.0957. The largest absolute Gasteiger partial charge is 0.468 e. The quantitative estimate of drug-likeness (QED) is 0.438. The van der Waals surface area contributed by atoms with Crippen molar-refractivity contribution in [1.82, 2.24) is 0 Å². The number of ketones is 1. The first-order valence-corrected chi connectivity index (χ1v) is 4.37. The minimum atomic E-state index is -1.50. The van der Waals surface area contributed by atoms with Crippen molar-refractivity contribution in [1.29, 1.82) is 5.26 Å². The standard InChI is InChI=1S/C11H8FNO3/c1-16-11(15)9(6-13)10(14)7-2-4-8(12)5-3-7/h2-5,9H,1H3/t9-/m0/s1. The molecule has 1 atom stereocenters. The summed E-state index contributed by atoms with van der Waals surface area (Å²) in [5, 5.41) is 8.67. The van der Waals surface area contributed by atoms with Crippen LogP contribution in [0.5, 0.6) is 0 Å². The molecule has 0 aliphatic rings. The van der Waals surface area contributed by atoms with Crippen molar-refractivity contribution >= 4 is 11.8 Å². The molecular weight excluding hydrogens is 213 g/mol. The number of rotatable bonds is 3. The van der Waals surface area contributed by atoms with Crippen molar-refractivity contribution in [3.05, 3.63) is 35.6 Å². The first-order valence-electron chi connectivity index (χ1n) is 4.37. The molecule has 0 aromatic heterocycles. The fraction of sp³-hybridized carbons (Fsp3) is 0.182. The smallest absolute Gasteiger partial charge is 0.331 e. The van der Waals surface area contributed by atoms with Gasteiger partial charge in [-0.15, -0.1) is 0 Å². The highest BCUT2D eigenvalue weighted by molar-refractivity contribution is 6.10. The molecule has 0 unspecified atom stereocenters. The van der Waals surface area contributed by atoms with E-state index >= 15 is 0 Å². The van der Waals surface area contributed by atoms with Gasteiger partial charge >= 0.3 is 5.97 Å². The van der Waals surface area contributed by atoms with Crippen LogP contribution in [0.25, 0.3) is 0 Å². The Morgan fingerprint density at radius 2 is 1.94 bits per heavy atom. The minimum Gasteiger partial charge on any atom is -0.468 e. The second kappa shape index (κ2) is 5.03. The summed E-state index contributed by atoms with van der Waals surface area (Å²) in [7, 11) is 1.09. The maximum absolute atomic E-state index is 12.6. The molecule has 0 aliphatic carbocycles. The first-order chi connectivity index (χ1) is 7.60. The van der Waals surface area contributed by atoms with Crippen molar-refractivity contribution in [2.75, 3.05) is 7.11 Å². The topological polar surface area (TPSA) is 67.2 Å². The molecule has 0 N–H and O–H groups in total. The number of Topliss-reactive ketones (excluding diaryl/α,β-unsaturated/α-hetero) is 1. The lowest BCUT2D eigenvalue weighted by Gasteiger charge is -2.05. The minimum absolute atomic E-state index is 0.0957. The summed E-state index contributed by atoms with van der Waals surface area (Å²) >= 11 is 0. The summed E-state index contributed by atoms with van der Waals surface area (Å²) in [5.74, 6) is -3.62. The third-order valence-corrected chi connectivity index (χ3v) is 1.96. The normalized spacial score (nSPS) is 11.3. The average molecular weight is 221 g/mol. The van der Waals surface area contributed by atoms with Gasteiger partial charge in [0, 0.05) is 5.56 Å². The van der Waals surface area contributed by atoms with Gasteiger partial charge in [-0.1, -0.05) is 0 Å². The van der Waals surface area contributed by atoms with Gasteiger partial charge in [-0.25, -0.2) is 4.39 Å². The molecule has 1 aromatic carbocycles. The van der Waals surface area contributed by atoms with Crippen LogP contribution in [0.1, 0.15) is 10.4 Å². The molecule has 0 aliphatic heterocycles. The Morgan fingerprint density at radius 1 is 1.38 bits per heavy atom. The van der Waals surface area contributed by atoms with Crippen LogP contribution in [0.4, 0.5) is 4.39 Å². The van der Waals surface area contributed by atoms with Gasteiger partial charge < -0.3 is 4.74 Å². The molecule has 1 aromatic rings. The third-order valence-electron chi connectivity index (χ3n) is 1.96. The molecule has 16 heavy (non-hydrogen) atoms. The maximum Gasteiger partial charge on any atom is 0.331 e. The predicted octanol–water partition coefficient (Wildman–Crippen LogP) is 1.32. The molecule has 0 saturated carbocycles. The van der Waals surface area contributed by atoms with E-state index in [0.29, 0.717) is 0 Å². The number of methoxy groups -OCH3 is 1. The lowest BCUT2D eigenvalue weighted by molar-refractivity contribution is -0.141. The Labute approximate surface area is 91.3 Å². The number of hydrogen-bond acceptors (Lipinski definition) is 4. The first kappa shape index (κ1) is 11.9. The zero-order valence-electron chi connectivity index (χ0n) is 8.44. The van der Waals surface area contributed by atoms with Gasteiger partial charge in [-0.3, -0.25) is 9.59 Å². The molecule has 5 heteroatoms. The number of benzene rings is 1. The Kier molecular flexibility index (Phi) is 3.72. The van der Waals surface area contributed by atoms with Crippen molar-refractivity contribution in [3.8, 4) is 6.07 Å². The van der Waals surface area contributed by atoms with Gasteiger partial charge in [0.05, 0.1) is 13.2 Å². The van der Waals surface area contributed by atoms with Gasteiger partial charge in [0.15, 0.2) is 5.78 Å². The third kappa shape index (κ3) is 2.42. The molecule has 0 bridgehead atoms. The van der Waals surface area contributed by atoms with Gasteiger partial charge in [0.2, 0.25) is 5.92 Å². The molecule has 0 spiro atoms. The van der Waals surface area contributed by atoms with Gasteiger partial charge in [-0.2, -0.15) is 5.26 Å². The molecule has 0 saturated heterocycles. The second-order valence-electron chi connectivity index (χ2n) is 2.96. The summed E-state index contributed by atoms with van der Waals surface area (Å²) < 4.78 is 16.9. The van der Waals surface area contributed by atoms with E-state index in [1.54, 1.807) is 6.07 Å². The van der Waals surface area contributed by atoms with E-state index in [4.69, 9.17) is 5.26 Å². The van der Waals surface area contributed by atoms with Crippen LogP contribution in [0.2, 0.25) is 0 Å². The number of carbonyl (C=O) groups excluding carboxylic acids is 2. The van der Waals surface area contributed by atoms with Gasteiger partial charge in [-0.05, 0) is 24.3 Å². The molecule has 82 valence electrons. The molecule has 0 fully saturated rings. The number of ether oxygens (including phenoxy) is 1. The van der Waals surface area contributed by atoms with Crippen molar-refractivity contribution < 1.29 is 18.7 Å².